The molecule has 3 aromatic carbocycles. The molecule has 0 unspecified atom stereocenters. The maximum absolute atomic E-state index is 13.6. The molecule has 1 heterocycles. The van der Waals surface area contributed by atoms with Gasteiger partial charge in [-0.3, -0.25) is 0 Å². The normalized spacial score (nSPS) is 11.3. The molecule has 0 atom stereocenters. The van der Waals surface area contributed by atoms with Gasteiger partial charge >= 0.3 is 0 Å². The highest BCUT2D eigenvalue weighted by molar-refractivity contribution is 7.10. The molecule has 0 fully saturated rings. The van der Waals surface area contributed by atoms with Crippen LogP contribution in [0.3, 0.4) is 0 Å². The molecule has 0 spiro atoms. The minimum Gasteiger partial charge on any atom is -0.487 e. The lowest BCUT2D eigenvalue weighted by Gasteiger charge is -2.09. The van der Waals surface area contributed by atoms with Crippen LogP contribution in [0.25, 0.3) is 11.1 Å². The Morgan fingerprint density at radius 1 is 0.871 bits per heavy atom. The predicted octanol–water partition coefficient (Wildman–Crippen LogP) is 6.40. The highest BCUT2D eigenvalue weighted by Gasteiger charge is 2.09. The largest absolute Gasteiger partial charge is 0.487 e. The van der Waals surface area contributed by atoms with Gasteiger partial charge in [-0.25, -0.2) is 4.39 Å². The smallest absolute Gasteiger partial charge is 0.172 e. The molecule has 0 saturated heterocycles. The van der Waals surface area contributed by atoms with E-state index in [4.69, 9.17) is 9.57 Å². The number of hydrogen-bond acceptors (Lipinski definition) is 4. The number of nitrogens with zero attached hydrogens (tertiary/aromatic N) is 1. The van der Waals surface area contributed by atoms with Crippen LogP contribution in [-0.4, -0.2) is 18.9 Å². The van der Waals surface area contributed by atoms with Crippen LogP contribution in [0.2, 0.25) is 0 Å². The molecular weight excluding hydrogens is 409 g/mol. The Bertz CT molecular complexity index is 1110. The van der Waals surface area contributed by atoms with E-state index in [0.717, 1.165) is 16.8 Å². The zero-order valence-electron chi connectivity index (χ0n) is 16.8. The molecule has 1 radical (unpaired) electrons. The summed E-state index contributed by atoms with van der Waals surface area (Å²) in [4.78, 5) is 6.71. The molecule has 3 nitrogen and oxygen atoms in total. The lowest BCUT2D eigenvalue weighted by atomic mass is 10.0. The average molecular weight is 431 g/mol. The fraction of sp³-hybridized carbons (Fsp3) is 0.115. The third-order valence-corrected chi connectivity index (χ3v) is 5.50. The Morgan fingerprint density at radius 3 is 2.42 bits per heavy atom. The molecule has 1 aromatic heterocycles. The summed E-state index contributed by atoms with van der Waals surface area (Å²) in [7, 11) is 0. The van der Waals surface area contributed by atoms with Crippen LogP contribution in [-0.2, 0) is 11.3 Å². The first kappa shape index (κ1) is 20.8. The molecule has 5 heteroatoms. The van der Waals surface area contributed by atoms with E-state index in [1.54, 1.807) is 23.5 Å². The molecular formula is C26H21FNO2S. The van der Waals surface area contributed by atoms with Crippen molar-refractivity contribution in [1.82, 2.24) is 0 Å². The van der Waals surface area contributed by atoms with Gasteiger partial charge in [0.25, 0.3) is 0 Å². The van der Waals surface area contributed by atoms with E-state index in [9.17, 15) is 4.39 Å². The SMILES string of the molecule is Fc1[c]cccc1OCCON=C(Cc1cccs1)c1ccc(-c2ccccc2)cc1. The number of thiophene rings is 1. The Labute approximate surface area is 185 Å². The zero-order chi connectivity index (χ0) is 21.3. The van der Waals surface area contributed by atoms with Gasteiger partial charge in [-0.05, 0) is 34.2 Å². The van der Waals surface area contributed by atoms with Gasteiger partial charge in [-0.15, -0.1) is 11.3 Å². The summed E-state index contributed by atoms with van der Waals surface area (Å²) in [5.74, 6) is -0.353. The molecule has 0 N–H and O–H groups in total. The van der Waals surface area contributed by atoms with E-state index in [-0.39, 0.29) is 19.0 Å². The highest BCUT2D eigenvalue weighted by atomic mass is 32.1. The lowest BCUT2D eigenvalue weighted by Crippen LogP contribution is -2.09. The molecule has 0 aliphatic carbocycles. The van der Waals surface area contributed by atoms with Gasteiger partial charge in [-0.1, -0.05) is 78.0 Å². The second-order valence-electron chi connectivity index (χ2n) is 6.77. The Morgan fingerprint density at radius 2 is 1.68 bits per heavy atom. The van der Waals surface area contributed by atoms with Crippen molar-refractivity contribution in [3.05, 3.63) is 113 Å². The number of hydrogen-bond donors (Lipinski definition) is 0. The van der Waals surface area contributed by atoms with Gasteiger partial charge in [0.05, 0.1) is 5.71 Å². The monoisotopic (exact) mass is 430 g/mol. The first-order chi connectivity index (χ1) is 15.3. The standard InChI is InChI=1S/C26H21FNO2S/c27-24-10-4-5-11-26(24)29-16-17-30-28-25(19-23-9-6-18-31-23)22-14-12-21(13-15-22)20-7-2-1-3-8-20/h1-9,11-15,18H,16-17,19H2. The van der Waals surface area contributed by atoms with E-state index in [2.05, 4.69) is 53.7 Å². The van der Waals surface area contributed by atoms with Crippen molar-refractivity contribution in [2.24, 2.45) is 5.16 Å². The second-order valence-corrected chi connectivity index (χ2v) is 7.80. The third-order valence-electron chi connectivity index (χ3n) is 4.62. The molecule has 31 heavy (non-hydrogen) atoms. The van der Waals surface area contributed by atoms with Crippen LogP contribution in [0.4, 0.5) is 4.39 Å². The minimum absolute atomic E-state index is 0.158. The first-order valence-electron chi connectivity index (χ1n) is 9.95. The predicted molar refractivity (Wildman–Crippen MR) is 123 cm³/mol. The maximum atomic E-state index is 13.6. The van der Waals surface area contributed by atoms with Crippen molar-refractivity contribution < 1.29 is 14.0 Å². The number of ether oxygens (including phenoxy) is 1. The third kappa shape index (κ3) is 5.80. The summed E-state index contributed by atoms with van der Waals surface area (Å²) in [6, 6.07) is 29.9. The van der Waals surface area contributed by atoms with Gasteiger partial charge in [0.15, 0.2) is 18.2 Å². The second kappa shape index (κ2) is 10.5. The average Bonchev–Trinajstić information content (AvgIpc) is 3.33. The van der Waals surface area contributed by atoms with E-state index in [1.165, 1.54) is 16.5 Å². The molecule has 4 aromatic rings. The molecule has 155 valence electrons. The van der Waals surface area contributed by atoms with E-state index < -0.39 is 5.82 Å². The van der Waals surface area contributed by atoms with Crippen molar-refractivity contribution in [2.75, 3.05) is 13.2 Å². The van der Waals surface area contributed by atoms with E-state index in [1.807, 2.05) is 29.6 Å². The molecule has 0 amide bonds. The fourth-order valence-corrected chi connectivity index (χ4v) is 3.79. The summed E-state index contributed by atoms with van der Waals surface area (Å²) in [6.07, 6.45) is 0.672. The van der Waals surface area contributed by atoms with E-state index >= 15 is 0 Å². The fourth-order valence-electron chi connectivity index (χ4n) is 3.08. The van der Waals surface area contributed by atoms with Crippen molar-refractivity contribution in [3.63, 3.8) is 0 Å². The molecule has 0 bridgehead atoms. The van der Waals surface area contributed by atoms with E-state index in [0.29, 0.717) is 6.42 Å². The summed E-state index contributed by atoms with van der Waals surface area (Å²) < 4.78 is 19.0. The van der Waals surface area contributed by atoms with Gasteiger partial charge in [0.1, 0.15) is 6.61 Å². The molecule has 0 saturated carbocycles. The Kier molecular flexibility index (Phi) is 7.08. The topological polar surface area (TPSA) is 30.8 Å². The van der Waals surface area contributed by atoms with Gasteiger partial charge < -0.3 is 9.57 Å². The van der Waals surface area contributed by atoms with Gasteiger partial charge in [-0.2, -0.15) is 0 Å². The zero-order valence-corrected chi connectivity index (χ0v) is 17.6. The maximum Gasteiger partial charge on any atom is 0.172 e. The number of oxime groups is 1. The first-order valence-corrected chi connectivity index (χ1v) is 10.8. The van der Waals surface area contributed by atoms with Crippen LogP contribution in [0, 0.1) is 11.9 Å². The lowest BCUT2D eigenvalue weighted by molar-refractivity contribution is 0.105. The Balaban J connectivity index is 1.43. The van der Waals surface area contributed by atoms with Crippen molar-refractivity contribution in [2.45, 2.75) is 6.42 Å². The van der Waals surface area contributed by atoms with Crippen LogP contribution in [0.15, 0.2) is 95.5 Å². The summed E-state index contributed by atoms with van der Waals surface area (Å²) in [6.45, 7) is 0.405. The van der Waals surface area contributed by atoms with Crippen LogP contribution < -0.4 is 4.74 Å². The van der Waals surface area contributed by atoms with Crippen molar-refractivity contribution >= 4 is 17.0 Å². The molecule has 0 aliphatic heterocycles. The number of halogens is 1. The quantitative estimate of drug-likeness (QED) is 0.175. The molecule has 0 aliphatic rings. The van der Waals surface area contributed by atoms with Gasteiger partial charge in [0.2, 0.25) is 0 Å². The van der Waals surface area contributed by atoms with Gasteiger partial charge in [0, 0.05) is 17.4 Å². The van der Waals surface area contributed by atoms with Crippen molar-refractivity contribution in [1.29, 1.82) is 0 Å². The number of rotatable bonds is 9. The van der Waals surface area contributed by atoms with Crippen LogP contribution in [0.1, 0.15) is 10.4 Å². The van der Waals surface area contributed by atoms with Crippen LogP contribution >= 0.6 is 11.3 Å². The summed E-state index contributed by atoms with van der Waals surface area (Å²) in [5, 5.41) is 6.41. The van der Waals surface area contributed by atoms with Crippen molar-refractivity contribution in [3.8, 4) is 16.9 Å². The summed E-state index contributed by atoms with van der Waals surface area (Å²) >= 11 is 1.68. The summed E-state index contributed by atoms with van der Waals surface area (Å²) in [5.41, 5.74) is 4.15. The molecule has 4 rings (SSSR count). The minimum atomic E-state index is -0.511. The highest BCUT2D eigenvalue weighted by Crippen LogP contribution is 2.21. The van der Waals surface area contributed by atoms with Crippen LogP contribution in [0.5, 0.6) is 5.75 Å². The Hall–Kier alpha value is -3.44. The number of benzene rings is 3.